The monoisotopic (exact) mass is 349 g/mol. The molecule has 1 unspecified atom stereocenters. The summed E-state index contributed by atoms with van der Waals surface area (Å²) in [5, 5.41) is 9.48. The zero-order chi connectivity index (χ0) is 15.8. The Morgan fingerprint density at radius 2 is 2.14 bits per heavy atom. The summed E-state index contributed by atoms with van der Waals surface area (Å²) < 4.78 is 26.9. The lowest BCUT2D eigenvalue weighted by Gasteiger charge is -2.30. The fourth-order valence-corrected chi connectivity index (χ4v) is 5.60. The van der Waals surface area contributed by atoms with E-state index in [1.54, 1.807) is 11.8 Å². The molecule has 1 aromatic rings. The Labute approximate surface area is 133 Å². The van der Waals surface area contributed by atoms with Crippen LogP contribution in [0.15, 0.2) is 17.0 Å². The van der Waals surface area contributed by atoms with Crippen molar-refractivity contribution >= 4 is 39.4 Å². The first-order valence-electron chi connectivity index (χ1n) is 6.38. The number of carboxylic acid groups (broad SMARTS) is 1. The molecule has 0 aromatic heterocycles. The van der Waals surface area contributed by atoms with Crippen molar-refractivity contribution in [2.45, 2.75) is 24.0 Å². The number of carbonyl (C=O) groups is 1. The second kappa shape index (κ2) is 6.16. The highest BCUT2D eigenvalue weighted by Crippen LogP contribution is 2.29. The van der Waals surface area contributed by atoms with Gasteiger partial charge in [-0.1, -0.05) is 18.5 Å². The maximum absolute atomic E-state index is 12.7. The number of nitrogens with zero attached hydrogens (tertiary/aromatic N) is 1. The molecule has 0 bridgehead atoms. The number of hydrogen-bond donors (Lipinski definition) is 1. The van der Waals surface area contributed by atoms with Crippen molar-refractivity contribution in [3.63, 3.8) is 0 Å². The van der Waals surface area contributed by atoms with E-state index >= 15 is 0 Å². The van der Waals surface area contributed by atoms with E-state index in [2.05, 4.69) is 0 Å². The van der Waals surface area contributed by atoms with Crippen molar-refractivity contribution in [2.24, 2.45) is 0 Å². The molecule has 1 aromatic carbocycles. The maximum atomic E-state index is 12.7. The Bertz CT molecular complexity index is 675. The number of hydrogen-bond acceptors (Lipinski definition) is 4. The Morgan fingerprint density at radius 1 is 1.48 bits per heavy atom. The molecule has 0 radical (unpaired) electrons. The van der Waals surface area contributed by atoms with Gasteiger partial charge in [0, 0.05) is 29.1 Å². The van der Waals surface area contributed by atoms with Crippen LogP contribution in [0.3, 0.4) is 0 Å². The SMILES string of the molecule is Cc1c(C(=O)O)cc(Cl)cc1S(=O)(=O)N1CCSC(C)C1. The Hall–Kier alpha value is -0.760. The number of sulfonamides is 1. The van der Waals surface area contributed by atoms with Crippen molar-refractivity contribution in [3.05, 3.63) is 28.3 Å². The number of thioether (sulfide) groups is 1. The molecule has 116 valence electrons. The summed E-state index contributed by atoms with van der Waals surface area (Å²) in [7, 11) is -3.73. The Morgan fingerprint density at radius 3 is 2.71 bits per heavy atom. The predicted molar refractivity (Wildman–Crippen MR) is 83.8 cm³/mol. The third-order valence-electron chi connectivity index (χ3n) is 3.38. The molecule has 1 atom stereocenters. The number of carboxylic acids is 1. The van der Waals surface area contributed by atoms with Gasteiger partial charge in [0.2, 0.25) is 10.0 Å². The highest BCUT2D eigenvalue weighted by atomic mass is 35.5. The smallest absolute Gasteiger partial charge is 0.336 e. The fourth-order valence-electron chi connectivity index (χ4n) is 2.29. The molecule has 8 heteroatoms. The molecule has 0 amide bonds. The standard InChI is InChI=1S/C13H16ClNO4S2/c1-8-7-15(3-4-20-8)21(18,19)12-6-10(14)5-11(9(12)2)13(16)17/h5-6,8H,3-4,7H2,1-2H3,(H,16,17). The summed E-state index contributed by atoms with van der Waals surface area (Å²) in [4.78, 5) is 11.2. The highest BCUT2D eigenvalue weighted by Gasteiger charge is 2.31. The van der Waals surface area contributed by atoms with E-state index in [4.69, 9.17) is 16.7 Å². The molecule has 1 saturated heterocycles. The molecule has 1 heterocycles. The predicted octanol–water partition coefficient (Wildman–Crippen LogP) is 2.47. The van der Waals surface area contributed by atoms with Crippen molar-refractivity contribution in [2.75, 3.05) is 18.8 Å². The normalized spacial score (nSPS) is 20.4. The Kier molecular flexibility index (Phi) is 4.87. The first-order valence-corrected chi connectivity index (χ1v) is 9.25. The lowest BCUT2D eigenvalue weighted by atomic mass is 10.1. The van der Waals surface area contributed by atoms with Gasteiger partial charge in [-0.05, 0) is 24.6 Å². The minimum Gasteiger partial charge on any atom is -0.478 e. The van der Waals surface area contributed by atoms with Gasteiger partial charge in [0.05, 0.1) is 10.5 Å². The number of aromatic carboxylic acids is 1. The van der Waals surface area contributed by atoms with Crippen LogP contribution in [0.1, 0.15) is 22.8 Å². The summed E-state index contributed by atoms with van der Waals surface area (Å²) in [6.45, 7) is 4.31. The average Bonchev–Trinajstić information content (AvgIpc) is 2.40. The molecule has 1 aliphatic heterocycles. The molecule has 0 saturated carbocycles. The van der Waals surface area contributed by atoms with Crippen LogP contribution in [0.4, 0.5) is 0 Å². The largest absolute Gasteiger partial charge is 0.478 e. The summed E-state index contributed by atoms with van der Waals surface area (Å²) in [5.74, 6) is -0.458. The van der Waals surface area contributed by atoms with Crippen LogP contribution in [0.5, 0.6) is 0 Å². The number of benzene rings is 1. The molecule has 2 rings (SSSR count). The van der Waals surface area contributed by atoms with Crippen LogP contribution in [0, 0.1) is 6.92 Å². The van der Waals surface area contributed by atoms with E-state index in [0.717, 1.165) is 5.75 Å². The van der Waals surface area contributed by atoms with Crippen LogP contribution in [0.25, 0.3) is 0 Å². The van der Waals surface area contributed by atoms with Gasteiger partial charge in [-0.15, -0.1) is 0 Å². The van der Waals surface area contributed by atoms with E-state index in [1.807, 2.05) is 6.92 Å². The van der Waals surface area contributed by atoms with Crippen molar-refractivity contribution in [1.82, 2.24) is 4.31 Å². The molecule has 0 aliphatic carbocycles. The van der Waals surface area contributed by atoms with Gasteiger partial charge in [0.25, 0.3) is 0 Å². The summed E-state index contributed by atoms with van der Waals surface area (Å²) in [6.07, 6.45) is 0. The molecule has 21 heavy (non-hydrogen) atoms. The molecule has 1 fully saturated rings. The number of halogens is 1. The second-order valence-electron chi connectivity index (χ2n) is 4.93. The maximum Gasteiger partial charge on any atom is 0.336 e. The van der Waals surface area contributed by atoms with Gasteiger partial charge in [-0.2, -0.15) is 16.1 Å². The molecule has 1 aliphatic rings. The van der Waals surface area contributed by atoms with Crippen LogP contribution in [-0.2, 0) is 10.0 Å². The van der Waals surface area contributed by atoms with E-state index < -0.39 is 16.0 Å². The minimum absolute atomic E-state index is 0.0218. The average molecular weight is 350 g/mol. The molecular formula is C13H16ClNO4S2. The van der Waals surface area contributed by atoms with E-state index in [-0.39, 0.29) is 26.3 Å². The summed E-state index contributed by atoms with van der Waals surface area (Å²) >= 11 is 7.61. The van der Waals surface area contributed by atoms with Crippen molar-refractivity contribution in [3.8, 4) is 0 Å². The van der Waals surface area contributed by atoms with Crippen LogP contribution < -0.4 is 0 Å². The van der Waals surface area contributed by atoms with Crippen molar-refractivity contribution in [1.29, 1.82) is 0 Å². The van der Waals surface area contributed by atoms with Crippen molar-refractivity contribution < 1.29 is 18.3 Å². The van der Waals surface area contributed by atoms with E-state index in [0.29, 0.717) is 13.1 Å². The third kappa shape index (κ3) is 3.36. The zero-order valence-corrected chi connectivity index (χ0v) is 14.1. The summed E-state index contributed by atoms with van der Waals surface area (Å²) in [6, 6.07) is 2.60. The number of rotatable bonds is 3. The fraction of sp³-hybridized carbons (Fsp3) is 0.462. The molecule has 5 nitrogen and oxygen atoms in total. The lowest BCUT2D eigenvalue weighted by Crippen LogP contribution is -2.41. The lowest BCUT2D eigenvalue weighted by molar-refractivity contribution is 0.0696. The van der Waals surface area contributed by atoms with Gasteiger partial charge in [-0.3, -0.25) is 0 Å². The Balaban J connectivity index is 2.52. The highest BCUT2D eigenvalue weighted by molar-refractivity contribution is 8.00. The quantitative estimate of drug-likeness (QED) is 0.907. The first kappa shape index (κ1) is 16.6. The van der Waals surface area contributed by atoms with Crippen LogP contribution >= 0.6 is 23.4 Å². The van der Waals surface area contributed by atoms with Gasteiger partial charge in [0.15, 0.2) is 0 Å². The summed E-state index contributed by atoms with van der Waals surface area (Å²) in [5.41, 5.74) is 0.137. The van der Waals surface area contributed by atoms with Gasteiger partial charge < -0.3 is 5.11 Å². The van der Waals surface area contributed by atoms with Gasteiger partial charge in [-0.25, -0.2) is 13.2 Å². The molecule has 1 N–H and O–H groups in total. The second-order valence-corrected chi connectivity index (χ2v) is 8.82. The van der Waals surface area contributed by atoms with Gasteiger partial charge >= 0.3 is 5.97 Å². The first-order chi connectivity index (χ1) is 9.73. The van der Waals surface area contributed by atoms with Crippen LogP contribution in [0.2, 0.25) is 5.02 Å². The van der Waals surface area contributed by atoms with Crippen LogP contribution in [-0.4, -0.2) is 47.9 Å². The topological polar surface area (TPSA) is 74.7 Å². The molecular weight excluding hydrogens is 334 g/mol. The minimum atomic E-state index is -3.73. The van der Waals surface area contributed by atoms with Gasteiger partial charge in [0.1, 0.15) is 0 Å². The van der Waals surface area contributed by atoms with E-state index in [9.17, 15) is 13.2 Å². The molecule has 0 spiro atoms. The zero-order valence-electron chi connectivity index (χ0n) is 11.7. The third-order valence-corrected chi connectivity index (χ3v) is 6.72. The van der Waals surface area contributed by atoms with E-state index in [1.165, 1.54) is 23.4 Å².